The van der Waals surface area contributed by atoms with E-state index in [1.807, 2.05) is 16.8 Å². The van der Waals surface area contributed by atoms with Gasteiger partial charge in [0.2, 0.25) is 0 Å². The van der Waals surface area contributed by atoms with Crippen molar-refractivity contribution in [3.05, 3.63) is 35.9 Å². The van der Waals surface area contributed by atoms with Crippen LogP contribution in [-0.4, -0.2) is 51.3 Å². The predicted molar refractivity (Wildman–Crippen MR) is 84.7 cm³/mol. The molecule has 1 unspecified atom stereocenters. The maximum absolute atomic E-state index is 13.9. The van der Waals surface area contributed by atoms with Crippen molar-refractivity contribution in [1.82, 2.24) is 25.1 Å². The average molecular weight is 316 g/mol. The van der Waals surface area contributed by atoms with Gasteiger partial charge in [-0.2, -0.15) is 0 Å². The Kier molecular flexibility index (Phi) is 3.72. The van der Waals surface area contributed by atoms with Gasteiger partial charge in [0.05, 0.1) is 17.8 Å². The molecule has 0 amide bonds. The first-order valence-electron chi connectivity index (χ1n) is 8.25. The van der Waals surface area contributed by atoms with E-state index in [0.29, 0.717) is 11.7 Å². The molecule has 2 fully saturated rings. The summed E-state index contributed by atoms with van der Waals surface area (Å²) in [4.78, 5) is 4.49. The Morgan fingerprint density at radius 1 is 1.13 bits per heavy atom. The second-order valence-electron chi connectivity index (χ2n) is 6.36. The first kappa shape index (κ1) is 14.6. The van der Waals surface area contributed by atoms with Gasteiger partial charge in [0.15, 0.2) is 5.82 Å². The third-order valence-electron chi connectivity index (χ3n) is 4.84. The maximum atomic E-state index is 13.9. The van der Waals surface area contributed by atoms with Crippen LogP contribution in [0.15, 0.2) is 24.3 Å². The lowest BCUT2D eigenvalue weighted by Gasteiger charge is -2.38. The second kappa shape index (κ2) is 5.88. The fraction of sp³-hybridized carbons (Fsp3) is 0.562. The smallest absolute Gasteiger partial charge is 0.168 e. The summed E-state index contributed by atoms with van der Waals surface area (Å²) < 4.78 is 15.9. The van der Waals surface area contributed by atoms with Gasteiger partial charge in [0.25, 0.3) is 0 Å². The monoisotopic (exact) mass is 316 g/mol. The molecule has 1 saturated carbocycles. The molecule has 2 aromatic rings. The van der Waals surface area contributed by atoms with E-state index in [1.165, 1.54) is 18.9 Å². The first-order chi connectivity index (χ1) is 11.2. The molecular formula is C16H21FN6. The molecule has 0 N–H and O–H groups in total. The molecule has 1 atom stereocenters. The number of aromatic nitrogens is 4. The third kappa shape index (κ3) is 2.81. The lowest BCUT2D eigenvalue weighted by atomic mass is 10.2. The third-order valence-corrected chi connectivity index (χ3v) is 4.84. The summed E-state index contributed by atoms with van der Waals surface area (Å²) in [7, 11) is 0. The summed E-state index contributed by atoms with van der Waals surface area (Å²) in [5, 5.41) is 12.2. The Morgan fingerprint density at radius 3 is 2.57 bits per heavy atom. The second-order valence-corrected chi connectivity index (χ2v) is 6.36. The van der Waals surface area contributed by atoms with Crippen molar-refractivity contribution in [2.24, 2.45) is 0 Å². The lowest BCUT2D eigenvalue weighted by Crippen LogP contribution is -2.47. The van der Waals surface area contributed by atoms with Crippen molar-refractivity contribution in [2.45, 2.75) is 31.8 Å². The van der Waals surface area contributed by atoms with Gasteiger partial charge in [-0.25, -0.2) is 9.07 Å². The summed E-state index contributed by atoms with van der Waals surface area (Å²) in [5.41, 5.74) is 0.697. The molecule has 0 radical (unpaired) electrons. The number of piperazine rings is 1. The van der Waals surface area contributed by atoms with Crippen LogP contribution in [0.25, 0.3) is 0 Å². The van der Waals surface area contributed by atoms with Crippen LogP contribution in [-0.2, 0) is 0 Å². The van der Waals surface area contributed by atoms with Crippen molar-refractivity contribution in [2.75, 3.05) is 31.1 Å². The number of anilines is 1. The topological polar surface area (TPSA) is 50.1 Å². The predicted octanol–water partition coefficient (Wildman–Crippen LogP) is 2.03. The van der Waals surface area contributed by atoms with E-state index in [4.69, 9.17) is 0 Å². The van der Waals surface area contributed by atoms with E-state index in [2.05, 4.69) is 32.2 Å². The molecule has 0 spiro atoms. The van der Waals surface area contributed by atoms with Crippen LogP contribution in [0.1, 0.15) is 37.7 Å². The zero-order valence-electron chi connectivity index (χ0n) is 13.3. The fourth-order valence-electron chi connectivity index (χ4n) is 3.28. The zero-order chi connectivity index (χ0) is 15.8. The molecular weight excluding hydrogens is 295 g/mol. The van der Waals surface area contributed by atoms with Crippen molar-refractivity contribution in [1.29, 1.82) is 0 Å². The standard InChI is InChI=1S/C16H21FN6/c1-12(16-18-19-20-23(16)13-6-7-13)21-8-10-22(11-9-21)15-5-3-2-4-14(15)17/h2-5,12-13H,6-11H2,1H3. The maximum Gasteiger partial charge on any atom is 0.168 e. The van der Waals surface area contributed by atoms with E-state index < -0.39 is 0 Å². The molecule has 6 nitrogen and oxygen atoms in total. The molecule has 1 aliphatic heterocycles. The Hall–Kier alpha value is -2.02. The lowest BCUT2D eigenvalue weighted by molar-refractivity contribution is 0.186. The Bertz CT molecular complexity index is 675. The van der Waals surface area contributed by atoms with Crippen LogP contribution in [0.3, 0.4) is 0 Å². The SMILES string of the molecule is CC(c1nnnn1C1CC1)N1CCN(c2ccccc2F)CC1. The summed E-state index contributed by atoms with van der Waals surface area (Å²) in [6.45, 7) is 5.55. The van der Waals surface area contributed by atoms with Crippen molar-refractivity contribution >= 4 is 5.69 Å². The van der Waals surface area contributed by atoms with Crippen LogP contribution in [0.2, 0.25) is 0 Å². The molecule has 4 rings (SSSR count). The summed E-state index contributed by atoms with van der Waals surface area (Å²) in [6.07, 6.45) is 2.34. The van der Waals surface area contributed by atoms with Gasteiger partial charge in [-0.15, -0.1) is 5.10 Å². The number of nitrogens with zero attached hydrogens (tertiary/aromatic N) is 6. The van der Waals surface area contributed by atoms with E-state index in [9.17, 15) is 4.39 Å². The highest BCUT2D eigenvalue weighted by Gasteiger charge is 2.32. The highest BCUT2D eigenvalue weighted by molar-refractivity contribution is 5.48. The number of tetrazole rings is 1. The van der Waals surface area contributed by atoms with Gasteiger partial charge in [0, 0.05) is 26.2 Å². The van der Waals surface area contributed by atoms with E-state index in [0.717, 1.165) is 32.0 Å². The normalized spacial score (nSPS) is 20.7. The number of hydrogen-bond acceptors (Lipinski definition) is 5. The van der Waals surface area contributed by atoms with Gasteiger partial charge >= 0.3 is 0 Å². The van der Waals surface area contributed by atoms with Gasteiger partial charge in [-0.3, -0.25) is 4.90 Å². The van der Waals surface area contributed by atoms with Gasteiger partial charge < -0.3 is 4.90 Å². The van der Waals surface area contributed by atoms with Crippen LogP contribution >= 0.6 is 0 Å². The Balaban J connectivity index is 1.43. The molecule has 23 heavy (non-hydrogen) atoms. The Morgan fingerprint density at radius 2 is 1.87 bits per heavy atom. The first-order valence-corrected chi connectivity index (χ1v) is 8.25. The number of halogens is 1. The Labute approximate surface area is 134 Å². The van der Waals surface area contributed by atoms with Crippen LogP contribution in [0, 0.1) is 5.82 Å². The van der Waals surface area contributed by atoms with Crippen LogP contribution < -0.4 is 4.90 Å². The zero-order valence-corrected chi connectivity index (χ0v) is 13.3. The molecule has 1 aromatic carbocycles. The quantitative estimate of drug-likeness (QED) is 0.864. The van der Waals surface area contributed by atoms with Crippen molar-refractivity contribution in [3.63, 3.8) is 0 Å². The average Bonchev–Trinajstić information content (AvgIpc) is 3.32. The molecule has 2 aliphatic rings. The molecule has 122 valence electrons. The largest absolute Gasteiger partial charge is 0.367 e. The molecule has 7 heteroatoms. The number of hydrogen-bond donors (Lipinski definition) is 0. The molecule has 2 heterocycles. The summed E-state index contributed by atoms with van der Waals surface area (Å²) in [6, 6.07) is 7.66. The van der Waals surface area contributed by atoms with Crippen molar-refractivity contribution < 1.29 is 4.39 Å². The molecule has 1 aliphatic carbocycles. The van der Waals surface area contributed by atoms with E-state index in [1.54, 1.807) is 6.07 Å². The van der Waals surface area contributed by atoms with Gasteiger partial charge in [-0.05, 0) is 42.3 Å². The summed E-state index contributed by atoms with van der Waals surface area (Å²) in [5.74, 6) is 0.804. The highest BCUT2D eigenvalue weighted by atomic mass is 19.1. The molecule has 0 bridgehead atoms. The van der Waals surface area contributed by atoms with Crippen molar-refractivity contribution in [3.8, 4) is 0 Å². The minimum Gasteiger partial charge on any atom is -0.367 e. The summed E-state index contributed by atoms with van der Waals surface area (Å²) >= 11 is 0. The van der Waals surface area contributed by atoms with E-state index in [-0.39, 0.29) is 11.9 Å². The molecule has 1 aromatic heterocycles. The number of para-hydroxylation sites is 1. The van der Waals surface area contributed by atoms with E-state index >= 15 is 0 Å². The minimum absolute atomic E-state index is 0.147. The fourth-order valence-corrected chi connectivity index (χ4v) is 3.28. The minimum atomic E-state index is -0.147. The molecule has 1 saturated heterocycles. The van der Waals surface area contributed by atoms with Crippen LogP contribution in [0.4, 0.5) is 10.1 Å². The highest BCUT2D eigenvalue weighted by Crippen LogP contribution is 2.36. The number of rotatable bonds is 4. The van der Waals surface area contributed by atoms with Gasteiger partial charge in [0.1, 0.15) is 5.82 Å². The van der Waals surface area contributed by atoms with Gasteiger partial charge in [-0.1, -0.05) is 12.1 Å². The van der Waals surface area contributed by atoms with Crippen LogP contribution in [0.5, 0.6) is 0 Å². The number of benzene rings is 1.